The largest absolute Gasteiger partial charge is 0.490 e. The molecule has 7 nitrogen and oxygen atoms in total. The van der Waals surface area contributed by atoms with E-state index in [9.17, 15) is 9.59 Å². The second-order valence-electron chi connectivity index (χ2n) is 8.45. The van der Waals surface area contributed by atoms with Gasteiger partial charge in [0.25, 0.3) is 11.8 Å². The minimum atomic E-state index is -0.279. The molecule has 0 bridgehead atoms. The molecular weight excluding hydrogens is 486 g/mol. The molecule has 0 radical (unpaired) electrons. The van der Waals surface area contributed by atoms with Crippen LogP contribution >= 0.6 is 12.2 Å². The summed E-state index contributed by atoms with van der Waals surface area (Å²) in [5.41, 5.74) is 4.72. The summed E-state index contributed by atoms with van der Waals surface area (Å²) in [7, 11) is 0. The Morgan fingerprint density at radius 1 is 1.03 bits per heavy atom. The Kier molecular flexibility index (Phi) is 8.20. The lowest BCUT2D eigenvalue weighted by atomic mass is 10.1. The van der Waals surface area contributed by atoms with E-state index in [0.717, 1.165) is 28.8 Å². The summed E-state index contributed by atoms with van der Waals surface area (Å²) in [6.45, 7) is 6.13. The average Bonchev–Trinajstić information content (AvgIpc) is 3.17. The molecule has 1 aliphatic rings. The van der Waals surface area contributed by atoms with Gasteiger partial charge in [-0.1, -0.05) is 48.9 Å². The molecule has 1 heterocycles. The highest BCUT2D eigenvalue weighted by Gasteiger charge is 2.33. The van der Waals surface area contributed by atoms with E-state index in [4.69, 9.17) is 21.7 Å². The third-order valence-electron chi connectivity index (χ3n) is 5.76. The number of ether oxygens (including phenoxy) is 2. The summed E-state index contributed by atoms with van der Waals surface area (Å²) >= 11 is 5.47. The first-order valence-electron chi connectivity index (χ1n) is 12.1. The molecule has 0 saturated carbocycles. The van der Waals surface area contributed by atoms with Gasteiger partial charge in [-0.25, -0.2) is 0 Å². The van der Waals surface area contributed by atoms with Crippen LogP contribution in [0.3, 0.4) is 0 Å². The monoisotopic (exact) mass is 515 g/mol. The van der Waals surface area contributed by atoms with Crippen molar-refractivity contribution in [1.82, 2.24) is 5.32 Å². The molecule has 1 fully saturated rings. The van der Waals surface area contributed by atoms with E-state index < -0.39 is 0 Å². The van der Waals surface area contributed by atoms with Crippen molar-refractivity contribution >= 4 is 46.6 Å². The van der Waals surface area contributed by atoms with Gasteiger partial charge in [0.05, 0.1) is 12.3 Å². The number of hydrogen-bond donors (Lipinski definition) is 2. The molecule has 1 aliphatic heterocycles. The predicted octanol–water partition coefficient (Wildman–Crippen LogP) is 5.24. The number of amides is 2. The maximum Gasteiger partial charge on any atom is 0.281 e. The number of aryl methyl sites for hydroxylation is 2. The molecule has 0 spiro atoms. The first-order chi connectivity index (χ1) is 17.9. The zero-order valence-corrected chi connectivity index (χ0v) is 21.9. The van der Waals surface area contributed by atoms with E-state index >= 15 is 0 Å². The summed E-state index contributed by atoms with van der Waals surface area (Å²) in [6.07, 6.45) is 2.50. The molecule has 190 valence electrons. The number of carbonyl (C=O) groups is 2. The summed E-state index contributed by atoms with van der Waals surface area (Å²) in [6, 6.07) is 20.5. The Morgan fingerprint density at radius 2 is 1.78 bits per heavy atom. The van der Waals surface area contributed by atoms with E-state index in [1.165, 1.54) is 4.90 Å². The molecule has 0 aliphatic carbocycles. The average molecular weight is 516 g/mol. The third-order valence-corrected chi connectivity index (χ3v) is 6.05. The van der Waals surface area contributed by atoms with Gasteiger partial charge in [-0.05, 0) is 80.0 Å². The number of carbonyl (C=O) groups excluding carboxylic acids is 2. The Bertz CT molecular complexity index is 1350. The minimum absolute atomic E-state index is 0.172. The Labute approximate surface area is 222 Å². The van der Waals surface area contributed by atoms with E-state index in [-0.39, 0.29) is 18.4 Å². The lowest BCUT2D eigenvalue weighted by Gasteiger charge is -2.17. The van der Waals surface area contributed by atoms with E-state index in [1.807, 2.05) is 69.3 Å². The van der Waals surface area contributed by atoms with Crippen LogP contribution in [0, 0.1) is 6.92 Å². The molecular formula is C29H29N3O4S. The minimum Gasteiger partial charge on any atom is -0.490 e. The zero-order chi connectivity index (χ0) is 26.4. The molecule has 0 atom stereocenters. The molecule has 0 unspecified atom stereocenters. The molecule has 1 saturated heterocycles. The number of hydrogen-bond acceptors (Lipinski definition) is 5. The van der Waals surface area contributed by atoms with Crippen LogP contribution < -0.4 is 25.0 Å². The van der Waals surface area contributed by atoms with Gasteiger partial charge in [0.1, 0.15) is 5.70 Å². The van der Waals surface area contributed by atoms with Crippen LogP contribution in [0.1, 0.15) is 30.5 Å². The normalized spacial score (nSPS) is 14.0. The number of benzene rings is 3. The molecule has 3 aromatic rings. The first-order valence-corrected chi connectivity index (χ1v) is 12.5. The van der Waals surface area contributed by atoms with Crippen molar-refractivity contribution < 1.29 is 19.1 Å². The standard InChI is InChI=1S/C29H29N3O4S/c1-4-21-8-6-7-9-24(21)32-28(34)23(31-29(32)37)16-20-12-15-25(26(17-20)35-5-2)36-18-27(33)30-22-13-10-19(3)11-14-22/h6-17H,4-5,18H2,1-3H3,(H,30,33)(H,31,37)/b23-16+. The fourth-order valence-electron chi connectivity index (χ4n) is 3.93. The van der Waals surface area contributed by atoms with E-state index in [2.05, 4.69) is 10.6 Å². The maximum atomic E-state index is 13.2. The number of rotatable bonds is 9. The first kappa shape index (κ1) is 25.9. The van der Waals surface area contributed by atoms with Crippen molar-refractivity contribution in [3.8, 4) is 11.5 Å². The number of anilines is 2. The number of thiocarbonyl (C=S) groups is 1. The van der Waals surface area contributed by atoms with Crippen molar-refractivity contribution in [2.24, 2.45) is 0 Å². The van der Waals surface area contributed by atoms with Crippen LogP contribution in [0.4, 0.5) is 11.4 Å². The number of para-hydroxylation sites is 1. The van der Waals surface area contributed by atoms with Crippen molar-refractivity contribution in [3.63, 3.8) is 0 Å². The Hall–Kier alpha value is -4.17. The summed E-state index contributed by atoms with van der Waals surface area (Å²) in [5.74, 6) is 0.403. The fraction of sp³-hybridized carbons (Fsp3) is 0.207. The number of nitrogens with one attached hydrogen (secondary N) is 2. The van der Waals surface area contributed by atoms with E-state index in [0.29, 0.717) is 34.6 Å². The second kappa shape index (κ2) is 11.7. The van der Waals surface area contributed by atoms with Crippen LogP contribution in [-0.4, -0.2) is 30.1 Å². The zero-order valence-electron chi connectivity index (χ0n) is 21.0. The second-order valence-corrected chi connectivity index (χ2v) is 8.84. The number of nitrogens with zero attached hydrogens (tertiary/aromatic N) is 1. The summed E-state index contributed by atoms with van der Waals surface area (Å²) in [5, 5.41) is 6.17. The van der Waals surface area contributed by atoms with Crippen molar-refractivity contribution in [1.29, 1.82) is 0 Å². The van der Waals surface area contributed by atoms with E-state index in [1.54, 1.807) is 24.3 Å². The molecule has 37 heavy (non-hydrogen) atoms. The van der Waals surface area contributed by atoms with Gasteiger partial charge < -0.3 is 20.1 Å². The molecule has 3 aromatic carbocycles. The van der Waals surface area contributed by atoms with Crippen LogP contribution in [0.25, 0.3) is 6.08 Å². The third kappa shape index (κ3) is 6.16. The highest BCUT2D eigenvalue weighted by atomic mass is 32.1. The molecule has 2 amide bonds. The smallest absolute Gasteiger partial charge is 0.281 e. The highest BCUT2D eigenvalue weighted by molar-refractivity contribution is 7.80. The van der Waals surface area contributed by atoms with Crippen molar-refractivity contribution in [2.75, 3.05) is 23.4 Å². The molecule has 0 aromatic heterocycles. The maximum absolute atomic E-state index is 13.2. The highest BCUT2D eigenvalue weighted by Crippen LogP contribution is 2.31. The van der Waals surface area contributed by atoms with Crippen LogP contribution in [0.15, 0.2) is 72.4 Å². The SMILES string of the molecule is CCOc1cc(/C=C2/NC(=S)N(c3ccccc3CC)C2=O)ccc1OCC(=O)Nc1ccc(C)cc1. The van der Waals surface area contributed by atoms with Gasteiger partial charge in [-0.15, -0.1) is 0 Å². The topological polar surface area (TPSA) is 79.9 Å². The van der Waals surface area contributed by atoms with Gasteiger partial charge in [0, 0.05) is 5.69 Å². The Balaban J connectivity index is 1.49. The lowest BCUT2D eigenvalue weighted by Crippen LogP contribution is -2.31. The predicted molar refractivity (Wildman–Crippen MR) is 150 cm³/mol. The summed E-state index contributed by atoms with van der Waals surface area (Å²) < 4.78 is 11.5. The van der Waals surface area contributed by atoms with Crippen LogP contribution in [-0.2, 0) is 16.0 Å². The summed E-state index contributed by atoms with van der Waals surface area (Å²) in [4.78, 5) is 27.1. The van der Waals surface area contributed by atoms with Gasteiger partial charge in [-0.2, -0.15) is 0 Å². The van der Waals surface area contributed by atoms with Gasteiger partial charge in [0.15, 0.2) is 23.2 Å². The van der Waals surface area contributed by atoms with Gasteiger partial charge in [0.2, 0.25) is 0 Å². The van der Waals surface area contributed by atoms with Crippen LogP contribution in [0.5, 0.6) is 11.5 Å². The van der Waals surface area contributed by atoms with Gasteiger partial charge in [-0.3, -0.25) is 14.5 Å². The Morgan fingerprint density at radius 3 is 2.51 bits per heavy atom. The molecule has 4 rings (SSSR count). The van der Waals surface area contributed by atoms with Crippen molar-refractivity contribution in [3.05, 3.63) is 89.1 Å². The van der Waals surface area contributed by atoms with Gasteiger partial charge >= 0.3 is 0 Å². The molecule has 8 heteroatoms. The fourth-order valence-corrected chi connectivity index (χ4v) is 4.22. The lowest BCUT2D eigenvalue weighted by molar-refractivity contribution is -0.118. The quantitative estimate of drug-likeness (QED) is 0.300. The molecule has 2 N–H and O–H groups in total. The van der Waals surface area contributed by atoms with Crippen molar-refractivity contribution in [2.45, 2.75) is 27.2 Å². The van der Waals surface area contributed by atoms with Crippen LogP contribution in [0.2, 0.25) is 0 Å².